The minimum atomic E-state index is -0.419. The lowest BCUT2D eigenvalue weighted by molar-refractivity contribution is -0.122. The van der Waals surface area contributed by atoms with E-state index in [1.807, 2.05) is 31.2 Å². The average Bonchev–Trinajstić information content (AvgIpc) is 3.37. The summed E-state index contributed by atoms with van der Waals surface area (Å²) in [6.07, 6.45) is 0.882. The minimum Gasteiger partial charge on any atom is -0.452 e. The Labute approximate surface area is 136 Å². The van der Waals surface area contributed by atoms with Crippen molar-refractivity contribution in [1.29, 1.82) is 0 Å². The van der Waals surface area contributed by atoms with Gasteiger partial charge in [-0.3, -0.25) is 9.69 Å². The number of benzene rings is 1. The number of nitrogens with zero attached hydrogens (tertiary/aromatic N) is 1. The number of epoxide rings is 1. The van der Waals surface area contributed by atoms with E-state index < -0.39 is 6.09 Å². The molecular weight excluding hydrogens is 298 g/mol. The second-order valence-electron chi connectivity index (χ2n) is 5.47. The Hall–Kier alpha value is -1.92. The van der Waals surface area contributed by atoms with Gasteiger partial charge in [0.2, 0.25) is 0 Å². The summed E-state index contributed by atoms with van der Waals surface area (Å²) in [5.74, 6) is 0.0439. The monoisotopic (exact) mass is 321 g/mol. The molecule has 1 aliphatic rings. The molecule has 0 aliphatic carbocycles. The fourth-order valence-corrected chi connectivity index (χ4v) is 2.18. The maximum atomic E-state index is 11.9. The lowest BCUT2D eigenvalue weighted by Gasteiger charge is -2.20. The second-order valence-corrected chi connectivity index (χ2v) is 5.47. The number of methoxy groups -OCH3 is 1. The van der Waals surface area contributed by atoms with Crippen LogP contribution in [0.2, 0.25) is 0 Å². The van der Waals surface area contributed by atoms with Crippen molar-refractivity contribution in [2.45, 2.75) is 25.9 Å². The third kappa shape index (κ3) is 5.65. The molecular formula is C17H23NO5. The zero-order chi connectivity index (χ0) is 16.7. The standard InChI is InChI=1S/C17H23NO5/c1-3-8-22-11-15(19)9-13-4-6-14(7-5-13)18(17(20)21-2)10-16-12-23-16/h4-7,16H,3,8-12H2,1-2H3/t16-/m1/s1. The van der Waals surface area contributed by atoms with Crippen LogP contribution in [0.15, 0.2) is 24.3 Å². The van der Waals surface area contributed by atoms with Gasteiger partial charge in [-0.1, -0.05) is 19.1 Å². The largest absolute Gasteiger partial charge is 0.452 e. The normalized spacial score (nSPS) is 16.0. The first-order valence-corrected chi connectivity index (χ1v) is 7.79. The Morgan fingerprint density at radius 1 is 1.30 bits per heavy atom. The molecule has 6 nitrogen and oxygen atoms in total. The lowest BCUT2D eigenvalue weighted by Crippen LogP contribution is -2.34. The molecule has 1 atom stereocenters. The van der Waals surface area contributed by atoms with E-state index in [1.165, 1.54) is 12.0 Å². The van der Waals surface area contributed by atoms with E-state index in [-0.39, 0.29) is 18.5 Å². The van der Waals surface area contributed by atoms with Gasteiger partial charge in [0.05, 0.1) is 26.4 Å². The number of amides is 1. The van der Waals surface area contributed by atoms with Crippen molar-refractivity contribution in [3.8, 4) is 0 Å². The maximum absolute atomic E-state index is 11.9. The van der Waals surface area contributed by atoms with Gasteiger partial charge in [0.1, 0.15) is 6.61 Å². The Morgan fingerprint density at radius 2 is 2.00 bits per heavy atom. The molecule has 0 unspecified atom stereocenters. The molecule has 0 bridgehead atoms. The van der Waals surface area contributed by atoms with Crippen LogP contribution in [0.3, 0.4) is 0 Å². The highest BCUT2D eigenvalue weighted by Gasteiger charge is 2.29. The molecule has 6 heteroatoms. The summed E-state index contributed by atoms with van der Waals surface area (Å²) < 4.78 is 15.2. The summed E-state index contributed by atoms with van der Waals surface area (Å²) in [7, 11) is 1.35. The first-order chi connectivity index (χ1) is 11.1. The van der Waals surface area contributed by atoms with Gasteiger partial charge in [-0.15, -0.1) is 0 Å². The quantitative estimate of drug-likeness (QED) is 0.515. The number of anilines is 1. The molecule has 1 saturated heterocycles. The average molecular weight is 321 g/mol. The first-order valence-electron chi connectivity index (χ1n) is 7.79. The van der Waals surface area contributed by atoms with Crippen LogP contribution >= 0.6 is 0 Å². The van der Waals surface area contributed by atoms with Gasteiger partial charge in [-0.2, -0.15) is 0 Å². The molecule has 1 aromatic rings. The van der Waals surface area contributed by atoms with Crippen LogP contribution in [0.5, 0.6) is 0 Å². The number of Topliss-reactive ketones (excluding diaryl/α,β-unsaturated/α-hetero) is 1. The summed E-state index contributed by atoms with van der Waals surface area (Å²) in [5.41, 5.74) is 1.62. The van der Waals surface area contributed by atoms with Gasteiger partial charge >= 0.3 is 6.09 Å². The molecule has 1 aromatic carbocycles. The predicted octanol–water partition coefficient (Wildman–Crippen LogP) is 2.20. The molecule has 0 N–H and O–H groups in total. The molecule has 2 rings (SSSR count). The second kappa shape index (κ2) is 8.64. The van der Waals surface area contributed by atoms with Crippen LogP contribution in [0.4, 0.5) is 10.5 Å². The summed E-state index contributed by atoms with van der Waals surface area (Å²) in [4.78, 5) is 25.2. The molecule has 1 heterocycles. The van der Waals surface area contributed by atoms with Crippen LogP contribution in [0.1, 0.15) is 18.9 Å². The molecule has 0 saturated carbocycles. The number of carbonyl (C=O) groups is 2. The van der Waals surface area contributed by atoms with E-state index in [0.29, 0.717) is 26.2 Å². The van der Waals surface area contributed by atoms with E-state index in [1.54, 1.807) is 0 Å². The molecule has 0 spiro atoms. The molecule has 23 heavy (non-hydrogen) atoms. The van der Waals surface area contributed by atoms with Crippen molar-refractivity contribution in [1.82, 2.24) is 0 Å². The highest BCUT2D eigenvalue weighted by molar-refractivity contribution is 5.88. The molecule has 1 aliphatic heterocycles. The zero-order valence-electron chi connectivity index (χ0n) is 13.6. The van der Waals surface area contributed by atoms with Crippen LogP contribution in [-0.2, 0) is 25.4 Å². The minimum absolute atomic E-state index is 0.0439. The topological polar surface area (TPSA) is 68.4 Å². The molecule has 0 aromatic heterocycles. The highest BCUT2D eigenvalue weighted by atomic mass is 16.6. The van der Waals surface area contributed by atoms with E-state index >= 15 is 0 Å². The van der Waals surface area contributed by atoms with Crippen LogP contribution in [-0.4, -0.2) is 51.5 Å². The van der Waals surface area contributed by atoms with Gasteiger partial charge in [0.15, 0.2) is 5.78 Å². The molecule has 1 amide bonds. The maximum Gasteiger partial charge on any atom is 0.414 e. The number of rotatable bonds is 9. The number of ether oxygens (including phenoxy) is 3. The van der Waals surface area contributed by atoms with Crippen LogP contribution in [0.25, 0.3) is 0 Å². The van der Waals surface area contributed by atoms with Gasteiger partial charge in [0, 0.05) is 18.7 Å². The van der Waals surface area contributed by atoms with Crippen molar-refractivity contribution >= 4 is 17.6 Å². The van der Waals surface area contributed by atoms with Gasteiger partial charge in [-0.25, -0.2) is 4.79 Å². The van der Waals surface area contributed by atoms with Gasteiger partial charge in [0.25, 0.3) is 0 Å². The van der Waals surface area contributed by atoms with Crippen molar-refractivity contribution in [3.05, 3.63) is 29.8 Å². The molecule has 126 valence electrons. The number of ketones is 1. The first kappa shape index (κ1) is 17.4. The van der Waals surface area contributed by atoms with Crippen LogP contribution < -0.4 is 4.90 Å². The van der Waals surface area contributed by atoms with Crippen LogP contribution in [0, 0.1) is 0 Å². The van der Waals surface area contributed by atoms with E-state index in [2.05, 4.69) is 0 Å². The Bertz CT molecular complexity index is 524. The summed E-state index contributed by atoms with van der Waals surface area (Å²) in [6.45, 7) is 3.88. The molecule has 0 radical (unpaired) electrons. The van der Waals surface area contributed by atoms with E-state index in [4.69, 9.17) is 14.2 Å². The van der Waals surface area contributed by atoms with Gasteiger partial charge < -0.3 is 14.2 Å². The highest BCUT2D eigenvalue weighted by Crippen LogP contribution is 2.20. The smallest absolute Gasteiger partial charge is 0.414 e. The Balaban J connectivity index is 1.93. The Morgan fingerprint density at radius 3 is 2.57 bits per heavy atom. The Kier molecular flexibility index (Phi) is 6.55. The fourth-order valence-electron chi connectivity index (χ4n) is 2.18. The summed E-state index contributed by atoms with van der Waals surface area (Å²) >= 11 is 0. The van der Waals surface area contributed by atoms with Crippen molar-refractivity contribution < 1.29 is 23.8 Å². The predicted molar refractivity (Wildman–Crippen MR) is 85.8 cm³/mol. The third-order valence-electron chi connectivity index (χ3n) is 3.44. The molecule has 1 fully saturated rings. The van der Waals surface area contributed by atoms with Crippen molar-refractivity contribution in [3.63, 3.8) is 0 Å². The lowest BCUT2D eigenvalue weighted by atomic mass is 10.1. The van der Waals surface area contributed by atoms with Gasteiger partial charge in [-0.05, 0) is 24.1 Å². The number of hydrogen-bond acceptors (Lipinski definition) is 5. The van der Waals surface area contributed by atoms with Crippen molar-refractivity contribution in [2.24, 2.45) is 0 Å². The summed E-state index contributed by atoms with van der Waals surface area (Å²) in [5, 5.41) is 0. The summed E-state index contributed by atoms with van der Waals surface area (Å²) in [6, 6.07) is 7.32. The number of carbonyl (C=O) groups excluding carboxylic acids is 2. The number of hydrogen-bond donors (Lipinski definition) is 0. The van der Waals surface area contributed by atoms with Crippen molar-refractivity contribution in [2.75, 3.05) is 38.4 Å². The van der Waals surface area contributed by atoms with E-state index in [9.17, 15) is 9.59 Å². The SMILES string of the molecule is CCCOCC(=O)Cc1ccc(N(C[C@@H]2CO2)C(=O)OC)cc1. The van der Waals surface area contributed by atoms with E-state index in [0.717, 1.165) is 17.7 Å². The third-order valence-corrected chi connectivity index (χ3v) is 3.44. The fraction of sp³-hybridized carbons (Fsp3) is 0.529. The zero-order valence-corrected chi connectivity index (χ0v) is 13.6.